The third-order valence-corrected chi connectivity index (χ3v) is 5.38. The predicted molar refractivity (Wildman–Crippen MR) is 119 cm³/mol. The number of hydrazine groups is 1. The normalized spacial score (nSPS) is 14.0. The van der Waals surface area contributed by atoms with Crippen LogP contribution in [0.3, 0.4) is 0 Å². The first-order valence-electron chi connectivity index (χ1n) is 10.2. The molecule has 0 aliphatic heterocycles. The molecule has 1 aliphatic rings. The Labute approximate surface area is 183 Å². The minimum absolute atomic E-state index is 0.0703. The molecule has 32 heavy (non-hydrogen) atoms. The number of nitrogens with one attached hydrogen (secondary N) is 2. The van der Waals surface area contributed by atoms with Crippen molar-refractivity contribution in [1.29, 1.82) is 0 Å². The molecule has 3 aromatic rings. The first kappa shape index (κ1) is 21.5. The topological polar surface area (TPSA) is 115 Å². The van der Waals surface area contributed by atoms with Crippen LogP contribution in [0.5, 0.6) is 5.75 Å². The molecule has 1 amide bonds. The molecule has 9 heteroatoms. The standard InChI is InChI=1S/C23H23F2N5O2/c1-12(13-2-3-13)32-21-9-5-15(11-18(21)25)28-23(31)16-10-14(4-6-17(16)24)19-7-8-20(30-27)22(26)29-19/h4-13,30H,2-3,27H2,1H3,(H2,26,29)(H,28,31). The van der Waals surface area contributed by atoms with Gasteiger partial charge < -0.3 is 21.2 Å². The number of nitrogens with zero attached hydrogens (tertiary/aromatic N) is 1. The highest BCUT2D eigenvalue weighted by atomic mass is 19.1. The van der Waals surface area contributed by atoms with Crippen molar-refractivity contribution < 1.29 is 18.3 Å². The van der Waals surface area contributed by atoms with Crippen molar-refractivity contribution in [2.45, 2.75) is 25.9 Å². The number of carbonyl (C=O) groups is 1. The molecule has 2 aromatic carbocycles. The Morgan fingerprint density at radius 1 is 1.12 bits per heavy atom. The number of hydrogen-bond acceptors (Lipinski definition) is 6. The van der Waals surface area contributed by atoms with Crippen molar-refractivity contribution in [3.63, 3.8) is 0 Å². The molecular formula is C23H23F2N5O2. The summed E-state index contributed by atoms with van der Waals surface area (Å²) in [5.41, 5.74) is 9.57. The van der Waals surface area contributed by atoms with Crippen molar-refractivity contribution in [1.82, 2.24) is 4.98 Å². The molecule has 1 heterocycles. The maximum Gasteiger partial charge on any atom is 0.258 e. The van der Waals surface area contributed by atoms with E-state index in [0.717, 1.165) is 25.0 Å². The maximum absolute atomic E-state index is 14.4. The number of benzene rings is 2. The zero-order chi connectivity index (χ0) is 22.8. The van der Waals surface area contributed by atoms with Crippen LogP contribution in [-0.2, 0) is 0 Å². The second-order valence-electron chi connectivity index (χ2n) is 7.73. The quantitative estimate of drug-likeness (QED) is 0.322. The van der Waals surface area contributed by atoms with Crippen molar-refractivity contribution >= 4 is 23.1 Å². The van der Waals surface area contributed by atoms with Crippen LogP contribution in [0, 0.1) is 17.6 Å². The van der Waals surface area contributed by atoms with Crippen molar-refractivity contribution in [2.75, 3.05) is 16.5 Å². The van der Waals surface area contributed by atoms with E-state index >= 15 is 0 Å². The van der Waals surface area contributed by atoms with Gasteiger partial charge in [0.15, 0.2) is 11.6 Å². The van der Waals surface area contributed by atoms with Crippen molar-refractivity contribution in [3.8, 4) is 17.0 Å². The Balaban J connectivity index is 1.52. The summed E-state index contributed by atoms with van der Waals surface area (Å²) < 4.78 is 34.5. The molecule has 1 aromatic heterocycles. The fraction of sp³-hybridized carbons (Fsp3) is 0.217. The summed E-state index contributed by atoms with van der Waals surface area (Å²) in [6.07, 6.45) is 2.09. The molecular weight excluding hydrogens is 416 g/mol. The summed E-state index contributed by atoms with van der Waals surface area (Å²) in [6.45, 7) is 1.91. The first-order chi connectivity index (χ1) is 15.4. The summed E-state index contributed by atoms with van der Waals surface area (Å²) in [4.78, 5) is 16.9. The molecule has 1 aliphatic carbocycles. The lowest BCUT2D eigenvalue weighted by atomic mass is 10.1. The van der Waals surface area contributed by atoms with Gasteiger partial charge in [0.25, 0.3) is 5.91 Å². The number of rotatable bonds is 7. The van der Waals surface area contributed by atoms with E-state index in [4.69, 9.17) is 16.3 Å². The Bertz CT molecular complexity index is 1170. The van der Waals surface area contributed by atoms with Crippen LogP contribution >= 0.6 is 0 Å². The third kappa shape index (κ3) is 4.62. The zero-order valence-corrected chi connectivity index (χ0v) is 17.4. The summed E-state index contributed by atoms with van der Waals surface area (Å²) in [5.74, 6) is 4.04. The van der Waals surface area contributed by atoms with Crippen LogP contribution in [-0.4, -0.2) is 17.0 Å². The van der Waals surface area contributed by atoms with Crippen molar-refractivity contribution in [2.24, 2.45) is 11.8 Å². The van der Waals surface area contributed by atoms with E-state index in [1.54, 1.807) is 12.1 Å². The minimum Gasteiger partial charge on any atom is -0.487 e. The molecule has 0 radical (unpaired) electrons. The van der Waals surface area contributed by atoms with E-state index in [9.17, 15) is 13.6 Å². The fourth-order valence-electron chi connectivity index (χ4n) is 3.35. The smallest absolute Gasteiger partial charge is 0.258 e. The second kappa shape index (κ2) is 8.80. The largest absolute Gasteiger partial charge is 0.487 e. The van der Waals surface area contributed by atoms with E-state index in [-0.39, 0.29) is 28.9 Å². The van der Waals surface area contributed by atoms with Crippen LogP contribution in [0.15, 0.2) is 48.5 Å². The Morgan fingerprint density at radius 3 is 2.56 bits per heavy atom. The zero-order valence-electron chi connectivity index (χ0n) is 17.4. The number of amides is 1. The first-order valence-corrected chi connectivity index (χ1v) is 10.2. The highest BCUT2D eigenvalue weighted by molar-refractivity contribution is 6.05. The van der Waals surface area contributed by atoms with Crippen LogP contribution < -0.4 is 27.1 Å². The fourth-order valence-corrected chi connectivity index (χ4v) is 3.35. The number of nitrogens with two attached hydrogens (primary N) is 2. The van der Waals surface area contributed by atoms with Gasteiger partial charge in [-0.05, 0) is 68.1 Å². The molecule has 166 valence electrons. The van der Waals surface area contributed by atoms with Gasteiger partial charge >= 0.3 is 0 Å². The van der Waals surface area contributed by atoms with E-state index in [1.807, 2.05) is 6.92 Å². The summed E-state index contributed by atoms with van der Waals surface area (Å²) in [6, 6.07) is 11.4. The van der Waals surface area contributed by atoms with Crippen molar-refractivity contribution in [3.05, 3.63) is 65.7 Å². The molecule has 7 nitrogen and oxygen atoms in total. The van der Waals surface area contributed by atoms with Crippen LogP contribution in [0.4, 0.5) is 26.0 Å². The van der Waals surface area contributed by atoms with Crippen LogP contribution in [0.25, 0.3) is 11.3 Å². The average Bonchev–Trinajstić information content (AvgIpc) is 3.61. The highest BCUT2D eigenvalue weighted by Gasteiger charge is 2.30. The van der Waals surface area contributed by atoms with Gasteiger partial charge in [0, 0.05) is 17.3 Å². The molecule has 6 N–H and O–H groups in total. The number of ether oxygens (including phenoxy) is 1. The number of carbonyl (C=O) groups excluding carboxylic acids is 1. The number of aromatic nitrogens is 1. The Kier molecular flexibility index (Phi) is 5.91. The van der Waals surface area contributed by atoms with E-state index in [0.29, 0.717) is 22.9 Å². The average molecular weight is 439 g/mol. The number of anilines is 3. The molecule has 0 bridgehead atoms. The van der Waals surface area contributed by atoms with Gasteiger partial charge in [-0.25, -0.2) is 13.8 Å². The Hall–Kier alpha value is -3.72. The van der Waals surface area contributed by atoms with Crippen LogP contribution in [0.2, 0.25) is 0 Å². The lowest BCUT2D eigenvalue weighted by Gasteiger charge is -2.15. The lowest BCUT2D eigenvalue weighted by molar-refractivity contribution is 0.102. The molecule has 0 saturated heterocycles. The highest BCUT2D eigenvalue weighted by Crippen LogP contribution is 2.35. The summed E-state index contributed by atoms with van der Waals surface area (Å²) in [7, 11) is 0. The lowest BCUT2D eigenvalue weighted by Crippen LogP contribution is -2.16. The number of hydrogen-bond donors (Lipinski definition) is 4. The number of nitrogen functional groups attached to an aromatic ring is 2. The van der Waals surface area contributed by atoms with E-state index in [1.165, 1.54) is 24.3 Å². The maximum atomic E-state index is 14.4. The van der Waals surface area contributed by atoms with Crippen LogP contribution in [0.1, 0.15) is 30.1 Å². The summed E-state index contributed by atoms with van der Waals surface area (Å²) in [5, 5.41) is 2.52. The van der Waals surface area contributed by atoms with Gasteiger partial charge in [-0.15, -0.1) is 0 Å². The molecule has 1 unspecified atom stereocenters. The third-order valence-electron chi connectivity index (χ3n) is 5.38. The second-order valence-corrected chi connectivity index (χ2v) is 7.73. The molecule has 4 rings (SSSR count). The summed E-state index contributed by atoms with van der Waals surface area (Å²) >= 11 is 0. The number of pyridine rings is 1. The Morgan fingerprint density at radius 2 is 1.91 bits per heavy atom. The van der Waals surface area contributed by atoms with Gasteiger partial charge in [0.1, 0.15) is 11.6 Å². The monoisotopic (exact) mass is 439 g/mol. The molecule has 1 saturated carbocycles. The molecule has 1 fully saturated rings. The van der Waals surface area contributed by atoms with Gasteiger partial charge in [-0.3, -0.25) is 10.6 Å². The van der Waals surface area contributed by atoms with Gasteiger partial charge in [0.05, 0.1) is 23.0 Å². The van der Waals surface area contributed by atoms with Gasteiger partial charge in [0.2, 0.25) is 0 Å². The van der Waals surface area contributed by atoms with Gasteiger partial charge in [-0.1, -0.05) is 0 Å². The van der Waals surface area contributed by atoms with Gasteiger partial charge in [-0.2, -0.15) is 0 Å². The molecule has 0 spiro atoms. The predicted octanol–water partition coefficient (Wildman–Crippen LogP) is 4.32. The van der Waals surface area contributed by atoms with E-state index < -0.39 is 17.5 Å². The molecule has 1 atom stereocenters. The SMILES string of the molecule is CC(Oc1ccc(NC(=O)c2cc(-c3ccc(NN)c(N)n3)ccc2F)cc1F)C1CC1. The minimum atomic E-state index is -0.725. The van der Waals surface area contributed by atoms with E-state index in [2.05, 4.69) is 15.7 Å². The number of halogens is 2.